The highest BCUT2D eigenvalue weighted by molar-refractivity contribution is 5.90. The zero-order valence-corrected chi connectivity index (χ0v) is 64.4. The predicted octanol–water partition coefficient (Wildman–Crippen LogP) is 30.7. The summed E-state index contributed by atoms with van der Waals surface area (Å²) in [5, 5.41) is 0. The lowest BCUT2D eigenvalue weighted by molar-refractivity contribution is 0.255. The lowest BCUT2D eigenvalue weighted by Crippen LogP contribution is -2.26. The van der Waals surface area contributed by atoms with Crippen LogP contribution >= 0.6 is 0 Å². The Labute approximate surface area is 594 Å². The smallest absolute Gasteiger partial charge is 0.134 e. The number of ether oxygens (including phenoxy) is 1. The van der Waals surface area contributed by atoms with Gasteiger partial charge in [0.05, 0.1) is 6.61 Å². The van der Waals surface area contributed by atoms with Crippen molar-refractivity contribution < 1.29 is 9.15 Å². The molecule has 0 fully saturated rings. The van der Waals surface area contributed by atoms with Crippen LogP contribution in [-0.2, 0) is 21.0 Å². The monoisotopic (exact) mass is 1310 g/mol. The van der Waals surface area contributed by atoms with Gasteiger partial charge in [0.15, 0.2) is 0 Å². The van der Waals surface area contributed by atoms with Gasteiger partial charge in [0.1, 0.15) is 17.3 Å². The zero-order valence-electron chi connectivity index (χ0n) is 64.4. The number of unbranched alkanes of at least 4 members (excludes halogenated alkanes) is 18. The fraction of sp³-hybridized carbons (Fsp3) is 0.558. The molecule has 2 heterocycles. The minimum absolute atomic E-state index is 0.0352. The maximum Gasteiger partial charge on any atom is 0.134 e. The Bertz CT molecular complexity index is 3520. The van der Waals surface area contributed by atoms with Gasteiger partial charge in [-0.25, -0.2) is 0 Å². The molecule has 97 heavy (non-hydrogen) atoms. The molecular formula is C95H134O2. The van der Waals surface area contributed by atoms with Crippen molar-refractivity contribution in [3.63, 3.8) is 0 Å². The van der Waals surface area contributed by atoms with Crippen LogP contribution < -0.4 is 0 Å². The van der Waals surface area contributed by atoms with Gasteiger partial charge in [0.25, 0.3) is 0 Å². The fourth-order valence-electron chi connectivity index (χ4n) is 17.6. The van der Waals surface area contributed by atoms with Crippen molar-refractivity contribution >= 4 is 5.76 Å². The van der Waals surface area contributed by atoms with E-state index in [1.165, 1.54) is 278 Å². The maximum absolute atomic E-state index is 6.58. The van der Waals surface area contributed by atoms with Gasteiger partial charge in [0, 0.05) is 33.3 Å². The molecule has 526 valence electrons. The van der Waals surface area contributed by atoms with Gasteiger partial charge in [-0.15, -0.1) is 0 Å². The summed E-state index contributed by atoms with van der Waals surface area (Å²) in [6.07, 6.45) is 42.6. The third-order valence-electron chi connectivity index (χ3n) is 22.4. The van der Waals surface area contributed by atoms with Crippen molar-refractivity contribution in [2.24, 2.45) is 11.8 Å². The van der Waals surface area contributed by atoms with Crippen molar-refractivity contribution in [1.82, 2.24) is 0 Å². The first-order valence-corrected chi connectivity index (χ1v) is 40.8. The van der Waals surface area contributed by atoms with Crippen molar-refractivity contribution in [1.29, 1.82) is 0 Å². The minimum Gasteiger partial charge on any atom is -0.493 e. The predicted molar refractivity (Wildman–Crippen MR) is 426 cm³/mol. The van der Waals surface area contributed by atoms with Gasteiger partial charge in [-0.05, 0) is 201 Å². The third-order valence-corrected chi connectivity index (χ3v) is 22.4. The molecule has 2 heteroatoms. The van der Waals surface area contributed by atoms with Crippen molar-refractivity contribution in [3.05, 3.63) is 172 Å². The Morgan fingerprint density at radius 1 is 0.340 bits per heavy atom. The SMILES string of the molecule is CC.CC.CCC.CCCCCCC1(CCCCCC)c2cc(C3=CC(CC(C)C)CO3)ccc2-c2ccc(-c3ccc4c(c3)C(CCCCCC)(CCCCCC)c3cc(-c5ccc6c(c5)C(CCCCCC)(CCCCCC)c5cc(-c7ccc(C)o7)ccc5-6)ccc3-4)cc21. The topological polar surface area (TPSA) is 22.4 Å². The van der Waals surface area contributed by atoms with Gasteiger partial charge in [-0.1, -0.05) is 330 Å². The molecule has 7 aromatic rings. The third kappa shape index (κ3) is 17.5. The van der Waals surface area contributed by atoms with Crippen LogP contribution in [0.15, 0.2) is 132 Å². The van der Waals surface area contributed by atoms with Crippen LogP contribution in [0.3, 0.4) is 0 Å². The van der Waals surface area contributed by atoms with Crippen LogP contribution in [0.25, 0.3) is 72.7 Å². The normalized spacial score (nSPS) is 15.2. The summed E-state index contributed by atoms with van der Waals surface area (Å²) in [4.78, 5) is 0. The quantitative estimate of drug-likeness (QED) is 0.0365. The van der Waals surface area contributed by atoms with Crippen molar-refractivity contribution in [2.45, 2.75) is 326 Å². The van der Waals surface area contributed by atoms with Crippen LogP contribution in [0.4, 0.5) is 0 Å². The molecule has 1 aliphatic heterocycles. The van der Waals surface area contributed by atoms with Gasteiger partial charge >= 0.3 is 0 Å². The lowest BCUT2D eigenvalue weighted by atomic mass is 9.69. The molecule has 0 saturated heterocycles. The molecule has 2 nitrogen and oxygen atoms in total. The van der Waals surface area contributed by atoms with E-state index in [2.05, 4.69) is 204 Å². The van der Waals surface area contributed by atoms with E-state index >= 15 is 0 Å². The first-order chi connectivity index (χ1) is 47.5. The summed E-state index contributed by atoms with van der Waals surface area (Å²) in [6.45, 7) is 34.0. The molecule has 6 aromatic carbocycles. The standard InChI is InChI=1S/C88H114O2.C3H8.2C2H6/c1-10-16-22-28-48-86(49-29-23-17-11-2)78-56-66(68-37-43-74-76-45-39-70(84-47-34-64(9)90-84)60-82(76)87(80(74)58-68,50-30-24-18-12-3)51-31-25-19-13-4)35-41-72(78)73-42-36-67(57-79(73)86)69-38-44-75-77-46-40-71(85-55-65(62-89-85)54-63(7)8)61-83(77)88(81(75)59-69,52-32-26-20-14-5)53-33-27-21-15-6;1-3-2;2*1-2/h34-47,55-61,63,65H,10-33,48-54,62H2,1-9H3;3H2,1-2H3;2*1-2H3. The molecule has 4 aliphatic rings. The maximum atomic E-state index is 6.58. The molecule has 0 N–H and O–H groups in total. The first kappa shape index (κ1) is 76.9. The second-order valence-corrected chi connectivity index (χ2v) is 30.0. The summed E-state index contributed by atoms with van der Waals surface area (Å²) in [6, 6.07) is 50.2. The van der Waals surface area contributed by atoms with Crippen LogP contribution in [0.1, 0.15) is 347 Å². The van der Waals surface area contributed by atoms with E-state index in [0.717, 1.165) is 23.9 Å². The molecule has 0 bridgehead atoms. The summed E-state index contributed by atoms with van der Waals surface area (Å²) in [5.41, 5.74) is 26.0. The van der Waals surface area contributed by atoms with Crippen molar-refractivity contribution in [2.75, 3.05) is 6.61 Å². The summed E-state index contributed by atoms with van der Waals surface area (Å²) >= 11 is 0. The highest BCUT2D eigenvalue weighted by atomic mass is 16.5. The second-order valence-electron chi connectivity index (χ2n) is 30.0. The largest absolute Gasteiger partial charge is 0.493 e. The van der Waals surface area contributed by atoms with Crippen LogP contribution in [-0.4, -0.2) is 6.61 Å². The zero-order chi connectivity index (χ0) is 69.4. The molecule has 0 spiro atoms. The van der Waals surface area contributed by atoms with Gasteiger partial charge in [-0.3, -0.25) is 0 Å². The average Bonchev–Trinajstić information content (AvgIpc) is 1.58. The molecule has 11 rings (SSSR count). The summed E-state index contributed by atoms with van der Waals surface area (Å²) in [7, 11) is 0. The molecule has 3 aliphatic carbocycles. The minimum atomic E-state index is -0.0646. The average molecular weight is 1310 g/mol. The summed E-state index contributed by atoms with van der Waals surface area (Å²) < 4.78 is 12.9. The second kappa shape index (κ2) is 38.1. The molecule has 0 saturated carbocycles. The number of benzene rings is 6. The highest BCUT2D eigenvalue weighted by Crippen LogP contribution is 2.60. The van der Waals surface area contributed by atoms with Crippen LogP contribution in [0, 0.1) is 18.8 Å². The van der Waals surface area contributed by atoms with Crippen LogP contribution in [0.2, 0.25) is 0 Å². The molecule has 1 unspecified atom stereocenters. The van der Waals surface area contributed by atoms with Crippen LogP contribution in [0.5, 0.6) is 0 Å². The number of hydrogen-bond acceptors (Lipinski definition) is 2. The number of rotatable bonds is 36. The Morgan fingerprint density at radius 3 is 0.876 bits per heavy atom. The van der Waals surface area contributed by atoms with Gasteiger partial charge < -0.3 is 9.15 Å². The Kier molecular flexibility index (Phi) is 30.2. The van der Waals surface area contributed by atoms with E-state index in [-0.39, 0.29) is 16.2 Å². The molecule has 1 atom stereocenters. The lowest BCUT2D eigenvalue weighted by Gasteiger charge is -2.34. The molecule has 0 radical (unpaired) electrons. The van der Waals surface area contributed by atoms with E-state index in [1.807, 2.05) is 27.7 Å². The highest BCUT2D eigenvalue weighted by Gasteiger charge is 2.46. The van der Waals surface area contributed by atoms with E-state index in [0.29, 0.717) is 11.8 Å². The van der Waals surface area contributed by atoms with Gasteiger partial charge in [-0.2, -0.15) is 0 Å². The Balaban J connectivity index is 0.00000166. The number of aryl methyl sites for hydroxylation is 1. The Morgan fingerprint density at radius 2 is 0.608 bits per heavy atom. The molecule has 1 aromatic heterocycles. The number of fused-ring (bicyclic) bond motifs is 9. The molecular weight excluding hydrogens is 1170 g/mol. The fourth-order valence-corrected chi connectivity index (χ4v) is 17.6. The number of hydrogen-bond donors (Lipinski definition) is 0. The Hall–Kier alpha value is -5.86. The summed E-state index contributed by atoms with van der Waals surface area (Å²) in [5.74, 6) is 4.20. The van der Waals surface area contributed by atoms with Crippen molar-refractivity contribution in [3.8, 4) is 67.0 Å². The van der Waals surface area contributed by atoms with E-state index in [9.17, 15) is 0 Å². The van der Waals surface area contributed by atoms with Gasteiger partial charge in [0.2, 0.25) is 0 Å². The van der Waals surface area contributed by atoms with E-state index in [4.69, 9.17) is 9.15 Å². The van der Waals surface area contributed by atoms with E-state index < -0.39 is 0 Å². The first-order valence-electron chi connectivity index (χ1n) is 40.8. The van der Waals surface area contributed by atoms with E-state index in [1.54, 1.807) is 27.8 Å². The molecule has 0 amide bonds. The number of furan rings is 1.